The summed E-state index contributed by atoms with van der Waals surface area (Å²) in [7, 11) is 0. The maximum absolute atomic E-state index is 14.6. The summed E-state index contributed by atoms with van der Waals surface area (Å²) in [6.07, 6.45) is 3.35. The van der Waals surface area contributed by atoms with E-state index in [4.69, 9.17) is 22.1 Å². The minimum Gasteiger partial charge on any atom is -0.369 e. The van der Waals surface area contributed by atoms with Crippen LogP contribution in [0.3, 0.4) is 0 Å². The molecule has 9 nitrogen and oxygen atoms in total. The molecule has 1 saturated heterocycles. The molecule has 3 heterocycles. The number of halogens is 4. The predicted octanol–water partition coefficient (Wildman–Crippen LogP) is 4.60. The number of anilines is 3. The number of hydrogen-bond acceptors (Lipinski definition) is 7. The number of imidazole rings is 1. The fraction of sp³-hybridized carbons (Fsp3) is 0.478. The lowest BCUT2D eigenvalue weighted by atomic mass is 9.85. The number of aromatic nitrogens is 4. The van der Waals surface area contributed by atoms with Gasteiger partial charge in [-0.1, -0.05) is 11.6 Å². The highest BCUT2D eigenvalue weighted by atomic mass is 35.5. The quantitative estimate of drug-likeness (QED) is 0.431. The number of primary amides is 1. The molecule has 2 aromatic heterocycles. The van der Waals surface area contributed by atoms with Gasteiger partial charge in [0, 0.05) is 30.5 Å². The summed E-state index contributed by atoms with van der Waals surface area (Å²) in [5.41, 5.74) is 6.28. The van der Waals surface area contributed by atoms with Crippen LogP contribution in [0.2, 0.25) is 5.02 Å². The zero-order chi connectivity index (χ0) is 25.4. The molecular formula is C23H25ClF3N7O2. The molecule has 3 aromatic rings. The SMILES string of the molecule is NC(=O)C1CCC(n2c(Nc3c(F)cc(F)cc3Cl)nc3cnc(N[C@H]4CCO[C@@H](F)C4)nc32)CC1. The van der Waals surface area contributed by atoms with Crippen molar-refractivity contribution in [2.75, 3.05) is 17.2 Å². The van der Waals surface area contributed by atoms with Gasteiger partial charge in [0.1, 0.15) is 11.3 Å². The molecule has 5 rings (SSSR count). The van der Waals surface area contributed by atoms with Crippen LogP contribution in [0, 0.1) is 17.6 Å². The van der Waals surface area contributed by atoms with E-state index in [9.17, 15) is 18.0 Å². The van der Waals surface area contributed by atoms with Gasteiger partial charge in [-0.05, 0) is 38.2 Å². The first kappa shape index (κ1) is 24.6. The number of rotatable bonds is 6. The summed E-state index contributed by atoms with van der Waals surface area (Å²) >= 11 is 6.11. The topological polar surface area (TPSA) is 120 Å². The number of fused-ring (bicyclic) bond motifs is 1. The van der Waals surface area contributed by atoms with Crippen LogP contribution in [0.5, 0.6) is 0 Å². The maximum Gasteiger partial charge on any atom is 0.224 e. The largest absolute Gasteiger partial charge is 0.369 e. The van der Waals surface area contributed by atoms with Gasteiger partial charge in [-0.2, -0.15) is 4.98 Å². The molecule has 2 aliphatic rings. The second kappa shape index (κ2) is 10.1. The van der Waals surface area contributed by atoms with Crippen LogP contribution < -0.4 is 16.4 Å². The number of nitrogens with zero attached hydrogens (tertiary/aromatic N) is 4. The summed E-state index contributed by atoms with van der Waals surface area (Å²) in [4.78, 5) is 25.2. The van der Waals surface area contributed by atoms with Crippen LogP contribution in [0.15, 0.2) is 18.3 Å². The summed E-state index contributed by atoms with van der Waals surface area (Å²) in [5.74, 6) is -1.67. The minimum absolute atomic E-state index is 0.122. The molecule has 36 heavy (non-hydrogen) atoms. The molecule has 0 spiro atoms. The number of alkyl halides is 1. The highest BCUT2D eigenvalue weighted by Crippen LogP contribution is 2.38. The Bertz CT molecular complexity index is 1260. The van der Waals surface area contributed by atoms with Gasteiger partial charge in [0.05, 0.1) is 23.5 Å². The normalized spacial score (nSPS) is 24.6. The van der Waals surface area contributed by atoms with Crippen molar-refractivity contribution in [3.63, 3.8) is 0 Å². The summed E-state index contributed by atoms with van der Waals surface area (Å²) in [6, 6.07) is 1.41. The van der Waals surface area contributed by atoms with Crippen LogP contribution in [-0.4, -0.2) is 44.4 Å². The van der Waals surface area contributed by atoms with E-state index in [1.54, 1.807) is 0 Å². The number of nitrogens with two attached hydrogens (primary N) is 1. The minimum atomic E-state index is -1.35. The number of carbonyl (C=O) groups excluding carboxylic acids is 1. The van der Waals surface area contributed by atoms with Crippen molar-refractivity contribution in [2.45, 2.75) is 57.0 Å². The first-order chi connectivity index (χ1) is 17.3. The molecular weight excluding hydrogens is 499 g/mol. The van der Waals surface area contributed by atoms with Gasteiger partial charge in [0.25, 0.3) is 0 Å². The molecule has 1 aliphatic carbocycles. The zero-order valence-electron chi connectivity index (χ0n) is 19.2. The first-order valence-corrected chi connectivity index (χ1v) is 12.1. The third-order valence-corrected chi connectivity index (χ3v) is 7.01. The molecule has 1 aromatic carbocycles. The Balaban J connectivity index is 1.51. The Morgan fingerprint density at radius 3 is 2.64 bits per heavy atom. The van der Waals surface area contributed by atoms with E-state index in [0.717, 1.165) is 12.1 Å². The highest BCUT2D eigenvalue weighted by molar-refractivity contribution is 6.33. The number of nitrogens with one attached hydrogen (secondary N) is 2. The lowest BCUT2D eigenvalue weighted by Gasteiger charge is -2.29. The van der Waals surface area contributed by atoms with Gasteiger partial charge in [-0.15, -0.1) is 0 Å². The van der Waals surface area contributed by atoms with Crippen molar-refractivity contribution in [2.24, 2.45) is 11.7 Å². The van der Waals surface area contributed by atoms with Gasteiger partial charge in [-0.3, -0.25) is 9.36 Å². The Morgan fingerprint density at radius 1 is 1.17 bits per heavy atom. The predicted molar refractivity (Wildman–Crippen MR) is 128 cm³/mol. The fourth-order valence-corrected chi connectivity index (χ4v) is 5.09. The molecule has 0 radical (unpaired) electrons. The van der Waals surface area contributed by atoms with Crippen molar-refractivity contribution >= 4 is 46.3 Å². The van der Waals surface area contributed by atoms with Crippen molar-refractivity contribution in [3.05, 3.63) is 35.0 Å². The monoisotopic (exact) mass is 523 g/mol. The second-order valence-corrected chi connectivity index (χ2v) is 9.54. The van der Waals surface area contributed by atoms with E-state index in [1.807, 2.05) is 4.57 Å². The average molecular weight is 524 g/mol. The third kappa shape index (κ3) is 5.05. The van der Waals surface area contributed by atoms with Crippen LogP contribution in [0.4, 0.5) is 30.8 Å². The molecule has 1 amide bonds. The van der Waals surface area contributed by atoms with Crippen LogP contribution in [0.1, 0.15) is 44.6 Å². The molecule has 4 N–H and O–H groups in total. The molecule has 0 bridgehead atoms. The molecule has 2 fully saturated rings. The fourth-order valence-electron chi connectivity index (χ4n) is 4.85. The molecule has 1 saturated carbocycles. The lowest BCUT2D eigenvalue weighted by Crippen LogP contribution is -2.32. The van der Waals surface area contributed by atoms with E-state index in [1.165, 1.54) is 6.20 Å². The number of carbonyl (C=O) groups is 1. The second-order valence-electron chi connectivity index (χ2n) is 9.13. The Morgan fingerprint density at radius 2 is 1.94 bits per heavy atom. The van der Waals surface area contributed by atoms with Crippen molar-refractivity contribution < 1.29 is 22.7 Å². The average Bonchev–Trinajstić information content (AvgIpc) is 3.18. The molecule has 0 unspecified atom stereocenters. The number of ether oxygens (including phenoxy) is 1. The van der Waals surface area contributed by atoms with Gasteiger partial charge in [-0.25, -0.2) is 23.1 Å². The van der Waals surface area contributed by atoms with Crippen LogP contribution >= 0.6 is 11.6 Å². The number of benzene rings is 1. The van der Waals surface area contributed by atoms with Crippen molar-refractivity contribution in [1.82, 2.24) is 19.5 Å². The van der Waals surface area contributed by atoms with E-state index in [2.05, 4.69) is 25.6 Å². The van der Waals surface area contributed by atoms with E-state index in [-0.39, 0.29) is 47.0 Å². The highest BCUT2D eigenvalue weighted by Gasteiger charge is 2.30. The lowest BCUT2D eigenvalue weighted by molar-refractivity contribution is -0.122. The summed E-state index contributed by atoms with van der Waals surface area (Å²) < 4.78 is 48.6. The van der Waals surface area contributed by atoms with Gasteiger partial charge in [0.2, 0.25) is 24.2 Å². The maximum atomic E-state index is 14.6. The molecule has 2 atom stereocenters. The summed E-state index contributed by atoms with van der Waals surface area (Å²) in [5, 5.41) is 5.91. The van der Waals surface area contributed by atoms with Crippen molar-refractivity contribution in [3.8, 4) is 0 Å². The molecule has 13 heteroatoms. The zero-order valence-corrected chi connectivity index (χ0v) is 19.9. The van der Waals surface area contributed by atoms with Gasteiger partial charge >= 0.3 is 0 Å². The standard InChI is InChI=1S/C23H25ClF3N7O2/c24-15-7-12(25)8-16(26)19(15)32-23-31-17-10-29-22(30-13-5-6-36-18(27)9-13)33-21(17)34(23)14-3-1-11(2-4-14)20(28)35/h7-8,10-11,13-14,18H,1-6,9H2,(H2,28,35)(H,31,32)(H,29,30,33)/t11?,13-,14?,18+/m0/s1. The van der Waals surface area contributed by atoms with Gasteiger partial charge < -0.3 is 21.1 Å². The molecule has 192 valence electrons. The van der Waals surface area contributed by atoms with Crippen molar-refractivity contribution in [1.29, 1.82) is 0 Å². The van der Waals surface area contributed by atoms with E-state index >= 15 is 0 Å². The first-order valence-electron chi connectivity index (χ1n) is 11.8. The smallest absolute Gasteiger partial charge is 0.224 e. The summed E-state index contributed by atoms with van der Waals surface area (Å²) in [6.45, 7) is 0.292. The van der Waals surface area contributed by atoms with Crippen LogP contribution in [0.25, 0.3) is 11.2 Å². The Labute approximate surface area is 209 Å². The third-order valence-electron chi connectivity index (χ3n) is 6.71. The van der Waals surface area contributed by atoms with Gasteiger partial charge in [0.15, 0.2) is 11.5 Å². The number of amides is 1. The Hall–Kier alpha value is -3.12. The van der Waals surface area contributed by atoms with E-state index < -0.39 is 18.0 Å². The molecule has 1 aliphatic heterocycles. The van der Waals surface area contributed by atoms with Crippen LogP contribution in [-0.2, 0) is 9.53 Å². The Kier molecular flexibility index (Phi) is 6.89. The number of hydrogen-bond donors (Lipinski definition) is 3. The van der Waals surface area contributed by atoms with E-state index in [0.29, 0.717) is 55.8 Å².